The maximum atomic E-state index is 15.0. The lowest BCUT2D eigenvalue weighted by molar-refractivity contribution is 0.186. The van der Waals surface area contributed by atoms with Crippen LogP contribution in [0.3, 0.4) is 0 Å². The minimum absolute atomic E-state index is 0.0332. The summed E-state index contributed by atoms with van der Waals surface area (Å²) in [6.07, 6.45) is 13.9. The van der Waals surface area contributed by atoms with Gasteiger partial charge in [-0.25, -0.2) is 29.9 Å². The van der Waals surface area contributed by atoms with Crippen molar-refractivity contribution in [3.63, 3.8) is 0 Å². The molecule has 10 rings (SSSR count). The van der Waals surface area contributed by atoms with E-state index >= 15 is 0 Å². The molecule has 326 valence electrons. The van der Waals surface area contributed by atoms with Crippen LogP contribution >= 0.6 is 46.7 Å². The van der Waals surface area contributed by atoms with Crippen LogP contribution in [-0.2, 0) is 12.8 Å². The first kappa shape index (κ1) is 43.0. The Morgan fingerprint density at radius 1 is 0.587 bits per heavy atom. The molecule has 12 N–H and O–H groups in total. The molecule has 2 saturated heterocycles. The highest BCUT2D eigenvalue weighted by molar-refractivity contribution is 7.99. The fraction of sp³-hybridized carbons (Fsp3) is 0.333. The minimum atomic E-state index is -0.670. The van der Waals surface area contributed by atoms with Gasteiger partial charge in [-0.15, -0.1) is 0 Å². The SMILES string of the molecule is Nc1nc(N2CCC3(CC2)Cc2ncccc2[C@H]3N)c(F)nc1Sc1ccnc(N)c1Cl.Nc1nc(N2CCC3(CC2)Cc2ncccc2[C@H]3N)cnc1Sc1ccnc(N)c1Cl. The van der Waals surface area contributed by atoms with Crippen molar-refractivity contribution in [2.45, 2.75) is 70.5 Å². The molecule has 0 saturated carbocycles. The van der Waals surface area contributed by atoms with Gasteiger partial charge in [-0.05, 0) is 84.7 Å². The third-order valence-corrected chi connectivity index (χ3v) is 15.9. The molecule has 0 bridgehead atoms. The maximum absolute atomic E-state index is 15.0. The van der Waals surface area contributed by atoms with E-state index in [1.54, 1.807) is 30.7 Å². The topological polar surface area (TPSA) is 266 Å². The Balaban J connectivity index is 0.000000160. The predicted molar refractivity (Wildman–Crippen MR) is 246 cm³/mol. The van der Waals surface area contributed by atoms with E-state index in [0.717, 1.165) is 91.0 Å². The van der Waals surface area contributed by atoms with Crippen LogP contribution in [0.2, 0.25) is 10.0 Å². The summed E-state index contributed by atoms with van der Waals surface area (Å²) in [5.74, 6) is 1.22. The summed E-state index contributed by atoms with van der Waals surface area (Å²) in [5, 5.41) is 1.48. The zero-order chi connectivity index (χ0) is 44.0. The van der Waals surface area contributed by atoms with Gasteiger partial charge >= 0.3 is 0 Å². The lowest BCUT2D eigenvalue weighted by Crippen LogP contribution is -2.45. The standard InChI is InChI=1S/C21H22ClFN8S.C21H23ClN8S/c22-14-13(3-7-28-17(14)25)32-20-18(26)30-19(16(23)29-20)31-8-4-21(5-9-31)10-12-11(15(21)24)2-1-6-27-12;22-16-14(3-7-27-18(16)24)31-20-19(25)29-15(11-28-20)30-8-4-21(5-9-30)10-13-12(17(21)23)2-1-6-26-13/h1-3,6-7,15H,4-5,8-10,24H2,(H2,25,28)(H2,26,30);1-3,6-7,11,17H,4-5,8-10,23H2,(H2,24,27)(H2,25,29)/t15-;17-/m11/s1. The van der Waals surface area contributed by atoms with E-state index in [-0.39, 0.29) is 56.2 Å². The molecule has 2 aliphatic carbocycles. The molecule has 4 aliphatic rings. The number of hydrogen-bond acceptors (Lipinski definition) is 18. The van der Waals surface area contributed by atoms with Gasteiger partial charge in [0.2, 0.25) is 0 Å². The monoisotopic (exact) mass is 926 g/mol. The Bertz CT molecular complexity index is 2680. The third kappa shape index (κ3) is 8.21. The van der Waals surface area contributed by atoms with E-state index in [9.17, 15) is 4.39 Å². The van der Waals surface area contributed by atoms with Crippen LogP contribution < -0.4 is 44.2 Å². The van der Waals surface area contributed by atoms with Gasteiger partial charge in [0.15, 0.2) is 17.5 Å². The van der Waals surface area contributed by atoms with Crippen molar-refractivity contribution in [2.24, 2.45) is 22.3 Å². The summed E-state index contributed by atoms with van der Waals surface area (Å²) >= 11 is 14.8. The van der Waals surface area contributed by atoms with Gasteiger partial charge in [0, 0.05) is 84.2 Å². The first-order chi connectivity index (χ1) is 30.3. The number of halogens is 3. The van der Waals surface area contributed by atoms with Gasteiger partial charge < -0.3 is 44.2 Å². The van der Waals surface area contributed by atoms with Crippen molar-refractivity contribution in [3.8, 4) is 0 Å². The molecule has 0 aromatic carbocycles. The van der Waals surface area contributed by atoms with E-state index < -0.39 is 5.95 Å². The van der Waals surface area contributed by atoms with E-state index in [2.05, 4.69) is 56.9 Å². The molecule has 6 aromatic rings. The van der Waals surface area contributed by atoms with Crippen molar-refractivity contribution in [3.05, 3.63) is 106 Å². The molecule has 0 radical (unpaired) electrons. The Morgan fingerprint density at radius 3 is 1.59 bits per heavy atom. The largest absolute Gasteiger partial charge is 0.382 e. The van der Waals surface area contributed by atoms with Crippen molar-refractivity contribution >= 4 is 81.6 Å². The molecule has 2 spiro atoms. The fourth-order valence-corrected chi connectivity index (χ4v) is 11.2. The number of nitrogens with two attached hydrogens (primary N) is 6. The molecule has 2 aliphatic heterocycles. The van der Waals surface area contributed by atoms with Crippen LogP contribution in [0, 0.1) is 16.8 Å². The average molecular weight is 928 g/mol. The van der Waals surface area contributed by atoms with E-state index in [0.29, 0.717) is 33.9 Å². The summed E-state index contributed by atoms with van der Waals surface area (Å²) < 4.78 is 15.0. The Hall–Kier alpha value is -5.31. The number of nitrogens with zero attached hydrogens (tertiary/aromatic N) is 10. The second kappa shape index (κ2) is 17.3. The van der Waals surface area contributed by atoms with Gasteiger partial charge in [0.1, 0.15) is 27.5 Å². The predicted octanol–water partition coefficient (Wildman–Crippen LogP) is 6.30. The van der Waals surface area contributed by atoms with Gasteiger partial charge in [-0.3, -0.25) is 9.97 Å². The van der Waals surface area contributed by atoms with Crippen LogP contribution in [0.4, 0.5) is 39.3 Å². The smallest absolute Gasteiger partial charge is 0.257 e. The van der Waals surface area contributed by atoms with Crippen molar-refractivity contribution in [1.82, 2.24) is 39.9 Å². The number of fused-ring (bicyclic) bond motifs is 2. The van der Waals surface area contributed by atoms with Gasteiger partial charge in [-0.1, -0.05) is 58.9 Å². The summed E-state index contributed by atoms with van der Waals surface area (Å²) in [6, 6.07) is 11.5. The molecule has 16 nitrogen and oxygen atoms in total. The number of rotatable bonds is 6. The molecule has 0 amide bonds. The molecular weight excluding hydrogens is 883 g/mol. The Morgan fingerprint density at radius 2 is 1.08 bits per heavy atom. The molecule has 21 heteroatoms. The summed E-state index contributed by atoms with van der Waals surface area (Å²) in [6.45, 7) is 2.95. The first-order valence-electron chi connectivity index (χ1n) is 20.3. The van der Waals surface area contributed by atoms with Crippen molar-refractivity contribution in [2.75, 3.05) is 58.9 Å². The molecule has 6 aromatic heterocycles. The number of piperidine rings is 2. The number of hydrogen-bond donors (Lipinski definition) is 6. The van der Waals surface area contributed by atoms with Crippen LogP contribution in [0.1, 0.15) is 60.3 Å². The first-order valence-corrected chi connectivity index (χ1v) is 22.7. The number of aromatic nitrogens is 8. The Labute approximate surface area is 381 Å². The lowest BCUT2D eigenvalue weighted by Gasteiger charge is -2.42. The quantitative estimate of drug-likeness (QED) is 0.107. The third-order valence-electron chi connectivity index (χ3n) is 12.8. The molecule has 8 heterocycles. The van der Waals surface area contributed by atoms with Crippen LogP contribution in [0.5, 0.6) is 0 Å². The Kier molecular flexibility index (Phi) is 11.8. The number of pyridine rings is 4. The minimum Gasteiger partial charge on any atom is -0.382 e. The van der Waals surface area contributed by atoms with E-state index in [1.807, 2.05) is 23.2 Å². The normalized spacial score (nSPS) is 19.4. The lowest BCUT2D eigenvalue weighted by atomic mass is 9.73. The van der Waals surface area contributed by atoms with E-state index in [1.165, 1.54) is 23.5 Å². The molecular formula is C42H45Cl2FN16S2. The van der Waals surface area contributed by atoms with Gasteiger partial charge in [-0.2, -0.15) is 4.39 Å². The van der Waals surface area contributed by atoms with Crippen molar-refractivity contribution in [1.29, 1.82) is 0 Å². The van der Waals surface area contributed by atoms with Crippen LogP contribution in [0.15, 0.2) is 87.2 Å². The summed E-state index contributed by atoms with van der Waals surface area (Å²) in [4.78, 5) is 39.9. The molecule has 2 atom stereocenters. The molecule has 63 heavy (non-hydrogen) atoms. The van der Waals surface area contributed by atoms with Crippen LogP contribution in [0.25, 0.3) is 0 Å². The highest BCUT2D eigenvalue weighted by atomic mass is 35.5. The number of nitrogen functional groups attached to an aromatic ring is 4. The summed E-state index contributed by atoms with van der Waals surface area (Å²) in [7, 11) is 0. The zero-order valence-corrected chi connectivity index (χ0v) is 37.1. The fourth-order valence-electron chi connectivity index (χ4n) is 9.17. The second-order valence-electron chi connectivity index (χ2n) is 16.3. The van der Waals surface area contributed by atoms with Gasteiger partial charge in [0.25, 0.3) is 5.95 Å². The molecule has 2 fully saturated rings. The number of anilines is 6. The van der Waals surface area contributed by atoms with Crippen LogP contribution in [-0.4, -0.2) is 66.1 Å². The zero-order valence-electron chi connectivity index (χ0n) is 34.0. The molecule has 0 unspecified atom stereocenters. The van der Waals surface area contributed by atoms with Crippen molar-refractivity contribution < 1.29 is 4.39 Å². The van der Waals surface area contributed by atoms with E-state index in [4.69, 9.17) is 57.6 Å². The highest BCUT2D eigenvalue weighted by Crippen LogP contribution is 2.52. The summed E-state index contributed by atoms with van der Waals surface area (Å²) in [5.41, 5.74) is 41.6. The highest BCUT2D eigenvalue weighted by Gasteiger charge is 2.48. The average Bonchev–Trinajstić information content (AvgIpc) is 3.72. The van der Waals surface area contributed by atoms with Gasteiger partial charge in [0.05, 0.1) is 16.2 Å². The second-order valence-corrected chi connectivity index (χ2v) is 19.1. The maximum Gasteiger partial charge on any atom is 0.257 e.